The first-order chi connectivity index (χ1) is 12.7. The Bertz CT molecular complexity index is 949. The number of aromatic amines is 1. The molecule has 3 aromatic rings. The van der Waals surface area contributed by atoms with Gasteiger partial charge in [0, 0.05) is 28.8 Å². The van der Waals surface area contributed by atoms with Gasteiger partial charge in [-0.1, -0.05) is 36.4 Å². The van der Waals surface area contributed by atoms with E-state index in [2.05, 4.69) is 21.7 Å². The largest absolute Gasteiger partial charge is 0.357 e. The van der Waals surface area contributed by atoms with Gasteiger partial charge in [-0.15, -0.1) is 0 Å². The zero-order chi connectivity index (χ0) is 17.9. The molecular formula is C20H20N4O2. The first-order valence-electron chi connectivity index (χ1n) is 8.67. The van der Waals surface area contributed by atoms with E-state index >= 15 is 0 Å². The van der Waals surface area contributed by atoms with E-state index in [9.17, 15) is 9.59 Å². The third-order valence-electron chi connectivity index (χ3n) is 4.63. The number of benzene rings is 2. The van der Waals surface area contributed by atoms with Gasteiger partial charge in [-0.25, -0.2) is 4.79 Å². The first-order valence-corrected chi connectivity index (χ1v) is 8.67. The molecule has 0 unspecified atom stereocenters. The van der Waals surface area contributed by atoms with Crippen molar-refractivity contribution in [1.29, 1.82) is 0 Å². The summed E-state index contributed by atoms with van der Waals surface area (Å²) < 4.78 is 0. The molecule has 6 nitrogen and oxygen atoms in total. The fraction of sp³-hybridized carbons (Fsp3) is 0.200. The average Bonchev–Trinajstić information content (AvgIpc) is 3.04. The molecule has 3 amide bonds. The fourth-order valence-corrected chi connectivity index (χ4v) is 3.36. The predicted octanol–water partition coefficient (Wildman–Crippen LogP) is 2.87. The Morgan fingerprint density at radius 3 is 2.65 bits per heavy atom. The number of hydrogen-bond acceptors (Lipinski definition) is 2. The van der Waals surface area contributed by atoms with Crippen LogP contribution in [0.5, 0.6) is 0 Å². The van der Waals surface area contributed by atoms with Gasteiger partial charge in [0.05, 0.1) is 13.1 Å². The van der Waals surface area contributed by atoms with Gasteiger partial charge in [0.2, 0.25) is 5.91 Å². The Kier molecular flexibility index (Phi) is 4.31. The lowest BCUT2D eigenvalue weighted by Crippen LogP contribution is -2.45. The second-order valence-corrected chi connectivity index (χ2v) is 6.37. The Balaban J connectivity index is 1.35. The molecule has 132 valence electrons. The molecular weight excluding hydrogens is 328 g/mol. The number of amides is 3. The van der Waals surface area contributed by atoms with E-state index in [1.807, 2.05) is 48.5 Å². The molecule has 0 saturated carbocycles. The standard InChI is InChI=1S/C20H20N4O2/c25-19(22-14-6-2-1-3-7-14)12-21-20(26)24-11-10-16-15-8-4-5-9-17(15)23-18(16)13-24/h1-9,23H,10-13H2,(H,21,26)(H,22,25). The molecule has 1 aromatic heterocycles. The third-order valence-corrected chi connectivity index (χ3v) is 4.63. The molecule has 6 heteroatoms. The monoisotopic (exact) mass is 348 g/mol. The van der Waals surface area contributed by atoms with Crippen molar-refractivity contribution in [2.75, 3.05) is 18.4 Å². The molecule has 0 fully saturated rings. The highest BCUT2D eigenvalue weighted by atomic mass is 16.2. The molecule has 2 heterocycles. The number of H-pyrrole nitrogens is 1. The number of para-hydroxylation sites is 2. The van der Waals surface area contributed by atoms with Gasteiger partial charge in [-0.05, 0) is 30.2 Å². The zero-order valence-electron chi connectivity index (χ0n) is 14.3. The minimum absolute atomic E-state index is 0.0518. The van der Waals surface area contributed by atoms with Crippen molar-refractivity contribution in [3.63, 3.8) is 0 Å². The minimum Gasteiger partial charge on any atom is -0.357 e. The Labute approximate surface area is 151 Å². The van der Waals surface area contributed by atoms with Crippen LogP contribution in [-0.2, 0) is 17.8 Å². The number of nitrogens with zero attached hydrogens (tertiary/aromatic N) is 1. The fourth-order valence-electron chi connectivity index (χ4n) is 3.36. The van der Waals surface area contributed by atoms with Crippen molar-refractivity contribution in [2.24, 2.45) is 0 Å². The van der Waals surface area contributed by atoms with Crippen molar-refractivity contribution < 1.29 is 9.59 Å². The van der Waals surface area contributed by atoms with E-state index in [4.69, 9.17) is 0 Å². The van der Waals surface area contributed by atoms with Crippen LogP contribution in [0.1, 0.15) is 11.3 Å². The third kappa shape index (κ3) is 3.26. The Hall–Kier alpha value is -3.28. The van der Waals surface area contributed by atoms with E-state index in [1.54, 1.807) is 4.90 Å². The second kappa shape index (κ2) is 6.92. The van der Waals surface area contributed by atoms with Crippen LogP contribution in [0.25, 0.3) is 10.9 Å². The summed E-state index contributed by atoms with van der Waals surface area (Å²) in [5.74, 6) is -0.243. The number of aromatic nitrogens is 1. The summed E-state index contributed by atoms with van der Waals surface area (Å²) in [5, 5.41) is 6.68. The van der Waals surface area contributed by atoms with E-state index < -0.39 is 0 Å². The van der Waals surface area contributed by atoms with Crippen LogP contribution >= 0.6 is 0 Å². The summed E-state index contributed by atoms with van der Waals surface area (Å²) in [6, 6.07) is 17.1. The summed E-state index contributed by atoms with van der Waals surface area (Å²) >= 11 is 0. The number of hydrogen-bond donors (Lipinski definition) is 3. The topological polar surface area (TPSA) is 77.2 Å². The van der Waals surface area contributed by atoms with E-state index in [0.717, 1.165) is 17.6 Å². The van der Waals surface area contributed by atoms with E-state index in [-0.39, 0.29) is 18.5 Å². The molecule has 0 saturated heterocycles. The molecule has 26 heavy (non-hydrogen) atoms. The quantitative estimate of drug-likeness (QED) is 0.681. The van der Waals surface area contributed by atoms with E-state index in [0.29, 0.717) is 18.8 Å². The molecule has 0 radical (unpaired) electrons. The second-order valence-electron chi connectivity index (χ2n) is 6.37. The maximum Gasteiger partial charge on any atom is 0.318 e. The van der Waals surface area contributed by atoms with Gasteiger partial charge in [-0.3, -0.25) is 4.79 Å². The highest BCUT2D eigenvalue weighted by Crippen LogP contribution is 2.27. The van der Waals surface area contributed by atoms with Crippen LogP contribution in [0.15, 0.2) is 54.6 Å². The predicted molar refractivity (Wildman–Crippen MR) is 101 cm³/mol. The number of rotatable bonds is 3. The highest BCUT2D eigenvalue weighted by molar-refractivity contribution is 5.94. The number of nitrogens with one attached hydrogen (secondary N) is 3. The van der Waals surface area contributed by atoms with Crippen LogP contribution in [-0.4, -0.2) is 34.9 Å². The van der Waals surface area contributed by atoms with Crippen LogP contribution in [0.2, 0.25) is 0 Å². The van der Waals surface area contributed by atoms with Gasteiger partial charge in [0.15, 0.2) is 0 Å². The molecule has 0 atom stereocenters. The number of carbonyl (C=O) groups is 2. The minimum atomic E-state index is -0.243. The molecule has 1 aliphatic heterocycles. The maximum atomic E-state index is 12.4. The van der Waals surface area contributed by atoms with Gasteiger partial charge < -0.3 is 20.5 Å². The van der Waals surface area contributed by atoms with Crippen molar-refractivity contribution in [3.05, 3.63) is 65.9 Å². The highest BCUT2D eigenvalue weighted by Gasteiger charge is 2.23. The van der Waals surface area contributed by atoms with Crippen molar-refractivity contribution in [2.45, 2.75) is 13.0 Å². The van der Waals surface area contributed by atoms with Crippen LogP contribution in [0, 0.1) is 0 Å². The lowest BCUT2D eigenvalue weighted by molar-refractivity contribution is -0.115. The van der Waals surface area contributed by atoms with Crippen molar-refractivity contribution in [3.8, 4) is 0 Å². The molecule has 0 spiro atoms. The molecule has 2 aromatic carbocycles. The van der Waals surface area contributed by atoms with Crippen LogP contribution in [0.4, 0.5) is 10.5 Å². The number of urea groups is 1. The van der Waals surface area contributed by atoms with Crippen LogP contribution < -0.4 is 10.6 Å². The normalized spacial score (nSPS) is 13.3. The number of carbonyl (C=O) groups excluding carboxylic acids is 2. The molecule has 0 bridgehead atoms. The molecule has 4 rings (SSSR count). The summed E-state index contributed by atoms with van der Waals surface area (Å²) in [4.78, 5) is 29.5. The number of fused-ring (bicyclic) bond motifs is 3. The first kappa shape index (κ1) is 16.2. The molecule has 1 aliphatic rings. The summed E-state index contributed by atoms with van der Waals surface area (Å²) in [6.07, 6.45) is 0.809. The summed E-state index contributed by atoms with van der Waals surface area (Å²) in [6.45, 7) is 1.11. The molecule has 0 aliphatic carbocycles. The van der Waals surface area contributed by atoms with Gasteiger partial charge in [-0.2, -0.15) is 0 Å². The van der Waals surface area contributed by atoms with Crippen molar-refractivity contribution >= 4 is 28.5 Å². The SMILES string of the molecule is O=C(CNC(=O)N1CCc2c([nH]c3ccccc23)C1)Nc1ccccc1. The summed E-state index contributed by atoms with van der Waals surface area (Å²) in [7, 11) is 0. The molecule has 3 N–H and O–H groups in total. The summed E-state index contributed by atoms with van der Waals surface area (Å²) in [5.41, 5.74) is 4.17. The van der Waals surface area contributed by atoms with Gasteiger partial charge >= 0.3 is 6.03 Å². The number of anilines is 1. The lowest BCUT2D eigenvalue weighted by atomic mass is 10.0. The smallest absolute Gasteiger partial charge is 0.318 e. The van der Waals surface area contributed by atoms with Crippen molar-refractivity contribution in [1.82, 2.24) is 15.2 Å². The van der Waals surface area contributed by atoms with Crippen LogP contribution in [0.3, 0.4) is 0 Å². The zero-order valence-corrected chi connectivity index (χ0v) is 14.3. The maximum absolute atomic E-state index is 12.4. The Morgan fingerprint density at radius 2 is 1.81 bits per heavy atom. The Morgan fingerprint density at radius 1 is 1.04 bits per heavy atom. The average molecular weight is 348 g/mol. The van der Waals surface area contributed by atoms with Gasteiger partial charge in [0.1, 0.15) is 0 Å². The lowest BCUT2D eigenvalue weighted by Gasteiger charge is -2.27. The van der Waals surface area contributed by atoms with Gasteiger partial charge in [0.25, 0.3) is 0 Å². The van der Waals surface area contributed by atoms with E-state index in [1.165, 1.54) is 10.9 Å².